The summed E-state index contributed by atoms with van der Waals surface area (Å²) in [7, 11) is 0. The molecule has 1 aromatic carbocycles. The molecule has 0 atom stereocenters. The molecule has 3 aromatic rings. The molecule has 2 N–H and O–H groups in total. The van der Waals surface area contributed by atoms with Gasteiger partial charge in [0.25, 0.3) is 0 Å². The molecule has 0 spiro atoms. The number of aromatic nitrogens is 1. The Morgan fingerprint density at radius 2 is 1.85 bits per heavy atom. The maximum absolute atomic E-state index is 5.88. The molecule has 2 nitrogen and oxygen atoms in total. The number of fused-ring (bicyclic) bond motifs is 1. The van der Waals surface area contributed by atoms with Crippen LogP contribution in [0.25, 0.3) is 20.5 Å². The van der Waals surface area contributed by atoms with E-state index in [4.69, 9.17) is 5.73 Å². The Kier molecular flexibility index (Phi) is 4.78. The van der Waals surface area contributed by atoms with Crippen molar-refractivity contribution in [3.63, 3.8) is 0 Å². The molecule has 0 aliphatic heterocycles. The van der Waals surface area contributed by atoms with Crippen LogP contribution in [-0.2, 0) is 0 Å². The summed E-state index contributed by atoms with van der Waals surface area (Å²) in [6.45, 7) is 8.32. The molecule has 0 saturated carbocycles. The number of benzene rings is 1. The SMILES string of the molecule is CC.CC(C)c1nc(N)sc1-c1csc2ccccc12. The minimum Gasteiger partial charge on any atom is -0.375 e. The molecular weight excluding hydrogens is 284 g/mol. The van der Waals surface area contributed by atoms with Crippen LogP contribution in [0, 0.1) is 0 Å². The molecule has 2 aromatic heterocycles. The Balaban J connectivity index is 0.000000704. The van der Waals surface area contributed by atoms with E-state index in [1.165, 1.54) is 20.5 Å². The number of hydrogen-bond acceptors (Lipinski definition) is 4. The number of thiazole rings is 1. The lowest BCUT2D eigenvalue weighted by Gasteiger charge is -2.04. The lowest BCUT2D eigenvalue weighted by molar-refractivity contribution is 0.837. The molecule has 0 radical (unpaired) electrons. The first-order chi connectivity index (χ1) is 9.66. The average molecular weight is 304 g/mol. The van der Waals surface area contributed by atoms with Gasteiger partial charge in [-0.1, -0.05) is 57.2 Å². The highest BCUT2D eigenvalue weighted by Crippen LogP contribution is 2.41. The summed E-state index contributed by atoms with van der Waals surface area (Å²) in [5, 5.41) is 4.17. The molecule has 0 aliphatic carbocycles. The van der Waals surface area contributed by atoms with Crippen LogP contribution in [-0.4, -0.2) is 4.98 Å². The highest BCUT2D eigenvalue weighted by atomic mass is 32.1. The molecule has 106 valence electrons. The zero-order chi connectivity index (χ0) is 14.7. The molecule has 0 aliphatic rings. The average Bonchev–Trinajstić information content (AvgIpc) is 3.04. The molecule has 0 amide bonds. The van der Waals surface area contributed by atoms with E-state index in [-0.39, 0.29) is 0 Å². The topological polar surface area (TPSA) is 38.9 Å². The zero-order valence-corrected chi connectivity index (χ0v) is 13.9. The van der Waals surface area contributed by atoms with Crippen molar-refractivity contribution in [2.24, 2.45) is 0 Å². The minimum atomic E-state index is 0.396. The van der Waals surface area contributed by atoms with E-state index in [9.17, 15) is 0 Å². The second-order valence-corrected chi connectivity index (χ2v) is 6.51. The molecule has 2 heterocycles. The van der Waals surface area contributed by atoms with Crippen LogP contribution in [0.2, 0.25) is 0 Å². The van der Waals surface area contributed by atoms with Crippen molar-refractivity contribution in [2.75, 3.05) is 5.73 Å². The number of rotatable bonds is 2. The highest BCUT2D eigenvalue weighted by molar-refractivity contribution is 7.21. The third-order valence-electron chi connectivity index (χ3n) is 2.94. The Labute approximate surface area is 128 Å². The van der Waals surface area contributed by atoms with Gasteiger partial charge in [0.05, 0.1) is 10.6 Å². The Bertz CT molecular complexity index is 695. The van der Waals surface area contributed by atoms with Gasteiger partial charge in [0.1, 0.15) is 0 Å². The third kappa shape index (κ3) is 2.72. The van der Waals surface area contributed by atoms with Crippen molar-refractivity contribution in [1.82, 2.24) is 4.98 Å². The summed E-state index contributed by atoms with van der Waals surface area (Å²) in [5.74, 6) is 0.396. The van der Waals surface area contributed by atoms with E-state index in [0.717, 1.165) is 5.69 Å². The van der Waals surface area contributed by atoms with E-state index in [0.29, 0.717) is 11.0 Å². The maximum Gasteiger partial charge on any atom is 0.180 e. The second kappa shape index (κ2) is 6.37. The lowest BCUT2D eigenvalue weighted by atomic mass is 10.0. The van der Waals surface area contributed by atoms with Gasteiger partial charge >= 0.3 is 0 Å². The van der Waals surface area contributed by atoms with Crippen molar-refractivity contribution in [3.8, 4) is 10.4 Å². The van der Waals surface area contributed by atoms with Gasteiger partial charge in [0.2, 0.25) is 0 Å². The van der Waals surface area contributed by atoms with E-state index < -0.39 is 0 Å². The normalized spacial score (nSPS) is 10.7. The molecular formula is C16H20N2S2. The van der Waals surface area contributed by atoms with Crippen LogP contribution in [0.5, 0.6) is 0 Å². The molecule has 20 heavy (non-hydrogen) atoms. The van der Waals surface area contributed by atoms with Crippen LogP contribution in [0.4, 0.5) is 5.13 Å². The van der Waals surface area contributed by atoms with E-state index >= 15 is 0 Å². The number of anilines is 1. The summed E-state index contributed by atoms with van der Waals surface area (Å²) in [6, 6.07) is 8.48. The predicted octanol–water partition coefficient (Wildman–Crippen LogP) is 5.76. The van der Waals surface area contributed by atoms with Gasteiger partial charge in [-0.05, 0) is 12.0 Å². The second-order valence-electron chi connectivity index (χ2n) is 4.57. The van der Waals surface area contributed by atoms with E-state index in [1.807, 2.05) is 13.8 Å². The van der Waals surface area contributed by atoms with Crippen molar-refractivity contribution in [3.05, 3.63) is 35.3 Å². The molecule has 0 saturated heterocycles. The first kappa shape index (κ1) is 15.0. The monoisotopic (exact) mass is 304 g/mol. The van der Waals surface area contributed by atoms with E-state index in [1.54, 1.807) is 22.7 Å². The minimum absolute atomic E-state index is 0.396. The number of hydrogen-bond donors (Lipinski definition) is 1. The summed E-state index contributed by atoms with van der Waals surface area (Å²) in [6.07, 6.45) is 0. The Morgan fingerprint density at radius 1 is 1.15 bits per heavy atom. The molecule has 3 rings (SSSR count). The highest BCUT2D eigenvalue weighted by Gasteiger charge is 2.17. The largest absolute Gasteiger partial charge is 0.375 e. The summed E-state index contributed by atoms with van der Waals surface area (Å²) in [4.78, 5) is 5.70. The van der Waals surface area contributed by atoms with Crippen molar-refractivity contribution >= 4 is 37.9 Å². The maximum atomic E-state index is 5.88. The van der Waals surface area contributed by atoms with Crippen molar-refractivity contribution in [2.45, 2.75) is 33.6 Å². The number of nitrogen functional groups attached to an aromatic ring is 1. The fraction of sp³-hybridized carbons (Fsp3) is 0.312. The third-order valence-corrected chi connectivity index (χ3v) is 4.84. The predicted molar refractivity (Wildman–Crippen MR) is 92.8 cm³/mol. The quantitative estimate of drug-likeness (QED) is 0.654. The van der Waals surface area contributed by atoms with Crippen LogP contribution < -0.4 is 5.73 Å². The standard InChI is InChI=1S/C14H14N2S2.C2H6/c1-8(2)12-13(18-14(15)16-12)10-7-17-11-6-4-3-5-9(10)11;1-2/h3-8H,1-2H3,(H2,15,16);1-2H3. The zero-order valence-electron chi connectivity index (χ0n) is 12.3. The van der Waals surface area contributed by atoms with E-state index in [2.05, 4.69) is 48.5 Å². The fourth-order valence-electron chi connectivity index (χ4n) is 2.09. The molecule has 0 fully saturated rings. The van der Waals surface area contributed by atoms with Crippen LogP contribution >= 0.6 is 22.7 Å². The number of nitrogens with two attached hydrogens (primary N) is 1. The Hall–Kier alpha value is -1.39. The molecule has 0 unspecified atom stereocenters. The van der Waals surface area contributed by atoms with Gasteiger partial charge in [-0.3, -0.25) is 0 Å². The fourth-order valence-corrected chi connectivity index (χ4v) is 4.13. The van der Waals surface area contributed by atoms with Gasteiger partial charge in [-0.15, -0.1) is 11.3 Å². The first-order valence-electron chi connectivity index (χ1n) is 6.89. The van der Waals surface area contributed by atoms with Gasteiger partial charge in [-0.2, -0.15) is 0 Å². The summed E-state index contributed by atoms with van der Waals surface area (Å²) >= 11 is 3.37. The molecule has 0 bridgehead atoms. The van der Waals surface area contributed by atoms with Gasteiger partial charge in [0.15, 0.2) is 5.13 Å². The summed E-state index contributed by atoms with van der Waals surface area (Å²) in [5.41, 5.74) is 8.26. The summed E-state index contributed by atoms with van der Waals surface area (Å²) < 4.78 is 1.31. The van der Waals surface area contributed by atoms with Crippen LogP contribution in [0.1, 0.15) is 39.3 Å². The number of thiophene rings is 1. The number of nitrogens with zero attached hydrogens (tertiary/aromatic N) is 1. The lowest BCUT2D eigenvalue weighted by Crippen LogP contribution is -1.91. The molecule has 4 heteroatoms. The van der Waals surface area contributed by atoms with Crippen LogP contribution in [0.3, 0.4) is 0 Å². The smallest absolute Gasteiger partial charge is 0.180 e. The first-order valence-corrected chi connectivity index (χ1v) is 8.59. The van der Waals surface area contributed by atoms with Gasteiger partial charge < -0.3 is 5.73 Å². The van der Waals surface area contributed by atoms with Crippen LogP contribution in [0.15, 0.2) is 29.6 Å². The van der Waals surface area contributed by atoms with Crippen molar-refractivity contribution in [1.29, 1.82) is 0 Å². The van der Waals surface area contributed by atoms with Gasteiger partial charge in [-0.25, -0.2) is 4.98 Å². The Morgan fingerprint density at radius 3 is 2.55 bits per heavy atom. The van der Waals surface area contributed by atoms with Gasteiger partial charge in [0, 0.05) is 21.0 Å². The van der Waals surface area contributed by atoms with Crippen molar-refractivity contribution < 1.29 is 0 Å².